The highest BCUT2D eigenvalue weighted by Gasteiger charge is 2.27. The third kappa shape index (κ3) is 4.38. The second-order valence-electron chi connectivity index (χ2n) is 5.45. The highest BCUT2D eigenvalue weighted by Crippen LogP contribution is 2.22. The molecule has 1 aromatic heterocycles. The van der Waals surface area contributed by atoms with E-state index in [0.717, 1.165) is 5.56 Å². The van der Waals surface area contributed by atoms with Crippen molar-refractivity contribution in [3.05, 3.63) is 78.0 Å². The average Bonchev–Trinajstić information content (AvgIpc) is 3.02. The van der Waals surface area contributed by atoms with Crippen LogP contribution in [0.2, 0.25) is 0 Å². The Balaban J connectivity index is 1.70. The molecule has 24 heavy (non-hydrogen) atoms. The molecule has 0 radical (unpaired) electrons. The number of anilines is 1. The molecule has 0 bridgehead atoms. The van der Waals surface area contributed by atoms with Gasteiger partial charge in [-0.05, 0) is 23.3 Å². The molecule has 3 aromatic rings. The SMILES string of the molecule is FC(F)(F)Cc1cccc(-n2ccc(NCc3ccccc3)n2)c1. The molecule has 0 fully saturated rings. The lowest BCUT2D eigenvalue weighted by molar-refractivity contribution is -0.127. The quantitative estimate of drug-likeness (QED) is 0.741. The first-order valence-electron chi connectivity index (χ1n) is 7.49. The van der Waals surface area contributed by atoms with Gasteiger partial charge in [0.15, 0.2) is 0 Å². The number of nitrogens with one attached hydrogen (secondary N) is 1. The summed E-state index contributed by atoms with van der Waals surface area (Å²) in [5.41, 5.74) is 1.94. The van der Waals surface area contributed by atoms with Crippen LogP contribution in [0.25, 0.3) is 5.69 Å². The molecule has 0 atom stereocenters. The van der Waals surface area contributed by atoms with Gasteiger partial charge in [0, 0.05) is 18.8 Å². The van der Waals surface area contributed by atoms with Gasteiger partial charge in [-0.3, -0.25) is 0 Å². The molecule has 0 aliphatic heterocycles. The van der Waals surface area contributed by atoms with Crippen molar-refractivity contribution in [3.8, 4) is 5.69 Å². The Kier molecular flexibility index (Phi) is 4.55. The second-order valence-corrected chi connectivity index (χ2v) is 5.45. The number of benzene rings is 2. The molecule has 0 saturated heterocycles. The van der Waals surface area contributed by atoms with Gasteiger partial charge in [-0.1, -0.05) is 42.5 Å². The van der Waals surface area contributed by atoms with E-state index in [4.69, 9.17) is 0 Å². The molecule has 1 N–H and O–H groups in total. The summed E-state index contributed by atoms with van der Waals surface area (Å²) in [5, 5.41) is 7.55. The first-order valence-corrected chi connectivity index (χ1v) is 7.49. The molecule has 0 spiro atoms. The van der Waals surface area contributed by atoms with Gasteiger partial charge in [0.1, 0.15) is 5.82 Å². The lowest BCUT2D eigenvalue weighted by atomic mass is 10.1. The van der Waals surface area contributed by atoms with Crippen LogP contribution in [-0.2, 0) is 13.0 Å². The van der Waals surface area contributed by atoms with Crippen molar-refractivity contribution in [3.63, 3.8) is 0 Å². The maximum absolute atomic E-state index is 12.5. The zero-order chi connectivity index (χ0) is 17.0. The van der Waals surface area contributed by atoms with Gasteiger partial charge in [0.2, 0.25) is 0 Å². The average molecular weight is 331 g/mol. The van der Waals surface area contributed by atoms with E-state index in [1.807, 2.05) is 30.3 Å². The number of alkyl halides is 3. The normalized spacial score (nSPS) is 11.5. The van der Waals surface area contributed by atoms with Crippen molar-refractivity contribution in [1.82, 2.24) is 9.78 Å². The molecular weight excluding hydrogens is 315 g/mol. The summed E-state index contributed by atoms with van der Waals surface area (Å²) < 4.78 is 39.1. The molecule has 6 heteroatoms. The fraction of sp³-hybridized carbons (Fsp3) is 0.167. The lowest BCUT2D eigenvalue weighted by Crippen LogP contribution is -2.11. The molecule has 3 nitrogen and oxygen atoms in total. The maximum atomic E-state index is 12.5. The number of hydrogen-bond acceptors (Lipinski definition) is 2. The molecule has 0 unspecified atom stereocenters. The Morgan fingerprint density at radius 3 is 2.42 bits per heavy atom. The van der Waals surface area contributed by atoms with E-state index in [9.17, 15) is 13.2 Å². The van der Waals surface area contributed by atoms with Gasteiger partial charge in [-0.25, -0.2) is 4.68 Å². The third-order valence-electron chi connectivity index (χ3n) is 3.49. The van der Waals surface area contributed by atoms with E-state index in [2.05, 4.69) is 10.4 Å². The molecule has 0 aliphatic carbocycles. The molecule has 0 aliphatic rings. The highest BCUT2D eigenvalue weighted by molar-refractivity contribution is 5.40. The van der Waals surface area contributed by atoms with Gasteiger partial charge < -0.3 is 5.32 Å². The van der Waals surface area contributed by atoms with Crippen LogP contribution in [0.4, 0.5) is 19.0 Å². The number of hydrogen-bond donors (Lipinski definition) is 1. The zero-order valence-electron chi connectivity index (χ0n) is 12.8. The number of rotatable bonds is 5. The van der Waals surface area contributed by atoms with E-state index in [-0.39, 0.29) is 5.56 Å². The second kappa shape index (κ2) is 6.78. The summed E-state index contributed by atoms with van der Waals surface area (Å²) in [4.78, 5) is 0. The zero-order valence-corrected chi connectivity index (χ0v) is 12.8. The van der Waals surface area contributed by atoms with Gasteiger partial charge in [-0.2, -0.15) is 18.3 Å². The van der Waals surface area contributed by atoms with Crippen molar-refractivity contribution < 1.29 is 13.2 Å². The molecule has 3 rings (SSSR count). The van der Waals surface area contributed by atoms with Crippen LogP contribution >= 0.6 is 0 Å². The van der Waals surface area contributed by atoms with E-state index in [0.29, 0.717) is 18.1 Å². The van der Waals surface area contributed by atoms with Crippen LogP contribution in [0, 0.1) is 0 Å². The predicted octanol–water partition coefficient (Wildman–Crippen LogP) is 4.59. The van der Waals surface area contributed by atoms with Crippen LogP contribution in [-0.4, -0.2) is 16.0 Å². The number of nitrogens with zero attached hydrogens (tertiary/aromatic N) is 2. The van der Waals surface area contributed by atoms with Gasteiger partial charge >= 0.3 is 6.18 Å². The summed E-state index contributed by atoms with van der Waals surface area (Å²) in [6, 6.07) is 18.0. The lowest BCUT2D eigenvalue weighted by Gasteiger charge is -2.08. The Labute approximate surface area is 137 Å². The van der Waals surface area contributed by atoms with Gasteiger partial charge in [0.05, 0.1) is 12.1 Å². The van der Waals surface area contributed by atoms with Crippen molar-refractivity contribution in [2.45, 2.75) is 19.1 Å². The first kappa shape index (κ1) is 16.1. The maximum Gasteiger partial charge on any atom is 0.393 e. The molecule has 1 heterocycles. The summed E-state index contributed by atoms with van der Waals surface area (Å²) in [6.07, 6.45) is -3.44. The highest BCUT2D eigenvalue weighted by atomic mass is 19.4. The third-order valence-corrected chi connectivity index (χ3v) is 3.49. The fourth-order valence-electron chi connectivity index (χ4n) is 2.39. The monoisotopic (exact) mass is 331 g/mol. The minimum absolute atomic E-state index is 0.217. The largest absolute Gasteiger partial charge is 0.393 e. The number of aromatic nitrogens is 2. The van der Waals surface area contributed by atoms with E-state index < -0.39 is 12.6 Å². The summed E-state index contributed by atoms with van der Waals surface area (Å²) in [7, 11) is 0. The molecule has 2 aromatic carbocycles. The van der Waals surface area contributed by atoms with Crippen LogP contribution in [0.15, 0.2) is 66.9 Å². The number of halogens is 3. The fourth-order valence-corrected chi connectivity index (χ4v) is 2.39. The minimum Gasteiger partial charge on any atom is -0.365 e. The smallest absolute Gasteiger partial charge is 0.365 e. The Morgan fingerprint density at radius 2 is 1.67 bits per heavy atom. The van der Waals surface area contributed by atoms with Crippen molar-refractivity contribution in [2.24, 2.45) is 0 Å². The van der Waals surface area contributed by atoms with E-state index in [1.54, 1.807) is 29.1 Å². The van der Waals surface area contributed by atoms with E-state index in [1.165, 1.54) is 12.1 Å². The molecule has 124 valence electrons. The topological polar surface area (TPSA) is 29.9 Å². The molecular formula is C18H16F3N3. The van der Waals surface area contributed by atoms with Crippen LogP contribution in [0.3, 0.4) is 0 Å². The molecule has 0 amide bonds. The first-order chi connectivity index (χ1) is 11.5. The van der Waals surface area contributed by atoms with Gasteiger partial charge in [-0.15, -0.1) is 0 Å². The minimum atomic E-state index is -4.22. The van der Waals surface area contributed by atoms with Crippen LogP contribution in [0.5, 0.6) is 0 Å². The standard InChI is InChI=1S/C18H16F3N3/c19-18(20,21)12-15-7-4-8-16(11-15)24-10-9-17(23-24)22-13-14-5-2-1-3-6-14/h1-11H,12-13H2,(H,22,23). The van der Waals surface area contributed by atoms with Gasteiger partial charge in [0.25, 0.3) is 0 Å². The van der Waals surface area contributed by atoms with Crippen molar-refractivity contribution in [1.29, 1.82) is 0 Å². The summed E-state index contributed by atoms with van der Waals surface area (Å²) >= 11 is 0. The Morgan fingerprint density at radius 1 is 0.917 bits per heavy atom. The Bertz CT molecular complexity index is 795. The van der Waals surface area contributed by atoms with Crippen molar-refractivity contribution in [2.75, 3.05) is 5.32 Å². The Hall–Kier alpha value is -2.76. The van der Waals surface area contributed by atoms with Crippen LogP contribution < -0.4 is 5.32 Å². The summed E-state index contributed by atoms with van der Waals surface area (Å²) in [5.74, 6) is 0.667. The van der Waals surface area contributed by atoms with E-state index >= 15 is 0 Å². The predicted molar refractivity (Wildman–Crippen MR) is 87.1 cm³/mol. The van der Waals surface area contributed by atoms with Crippen LogP contribution in [0.1, 0.15) is 11.1 Å². The summed E-state index contributed by atoms with van der Waals surface area (Å²) in [6.45, 7) is 0.631. The molecule has 0 saturated carbocycles. The van der Waals surface area contributed by atoms with Crippen molar-refractivity contribution >= 4 is 5.82 Å².